The fourth-order valence-electron chi connectivity index (χ4n) is 4.67. The van der Waals surface area contributed by atoms with Crippen LogP contribution in [0.5, 0.6) is 0 Å². The van der Waals surface area contributed by atoms with Gasteiger partial charge in [-0.25, -0.2) is 4.98 Å². The van der Waals surface area contributed by atoms with Gasteiger partial charge < -0.3 is 15.0 Å². The molecule has 4 rings (SSSR count). The molecule has 34 heavy (non-hydrogen) atoms. The van der Waals surface area contributed by atoms with Gasteiger partial charge in [0.2, 0.25) is 11.8 Å². The van der Waals surface area contributed by atoms with Crippen molar-refractivity contribution in [3.05, 3.63) is 34.4 Å². The fourth-order valence-corrected chi connectivity index (χ4v) is 4.67. The number of fused-ring (bicyclic) bond motifs is 1. The maximum Gasteiger partial charge on any atom is 0.264 e. The number of hydrogen-bond acceptors (Lipinski definition) is 8. The zero-order valence-corrected chi connectivity index (χ0v) is 20.0. The first kappa shape index (κ1) is 24.3. The van der Waals surface area contributed by atoms with Crippen LogP contribution in [0.4, 0.5) is 5.69 Å². The van der Waals surface area contributed by atoms with Crippen LogP contribution in [0, 0.1) is 6.92 Å². The number of nitrogens with zero attached hydrogens (tertiary/aromatic N) is 4. The molecule has 0 aliphatic carbocycles. The number of ether oxygens (including phenoxy) is 1. The lowest BCUT2D eigenvalue weighted by Crippen LogP contribution is -2.45. The molecule has 1 atom stereocenters. The summed E-state index contributed by atoms with van der Waals surface area (Å²) in [6, 6.07) is 4.74. The van der Waals surface area contributed by atoms with Crippen LogP contribution in [0.15, 0.2) is 23.0 Å². The molecule has 1 aromatic carbocycles. The van der Waals surface area contributed by atoms with Crippen molar-refractivity contribution >= 4 is 28.4 Å². The van der Waals surface area contributed by atoms with Crippen molar-refractivity contribution < 1.29 is 14.3 Å². The zero-order valence-electron chi connectivity index (χ0n) is 20.0. The van der Waals surface area contributed by atoms with Crippen molar-refractivity contribution in [3.63, 3.8) is 0 Å². The van der Waals surface area contributed by atoms with Gasteiger partial charge in [0.15, 0.2) is 0 Å². The Balaban J connectivity index is 1.38. The summed E-state index contributed by atoms with van der Waals surface area (Å²) in [5.41, 5.74) is 0.949. The predicted octanol–water partition coefficient (Wildman–Crippen LogP) is 0.749. The number of aryl methyl sites for hydroxylation is 1. The minimum Gasteiger partial charge on any atom is -0.382 e. The van der Waals surface area contributed by atoms with Crippen molar-refractivity contribution in [2.24, 2.45) is 0 Å². The highest BCUT2D eigenvalue weighted by Gasteiger charge is 2.30. The van der Waals surface area contributed by atoms with E-state index in [0.29, 0.717) is 42.2 Å². The molecule has 2 aliphatic heterocycles. The molecule has 10 nitrogen and oxygen atoms in total. The van der Waals surface area contributed by atoms with Crippen LogP contribution in [0.1, 0.15) is 31.1 Å². The van der Waals surface area contributed by atoms with Gasteiger partial charge in [-0.3, -0.25) is 29.2 Å². The van der Waals surface area contributed by atoms with E-state index in [9.17, 15) is 14.4 Å². The van der Waals surface area contributed by atoms with Crippen LogP contribution < -0.4 is 16.2 Å². The van der Waals surface area contributed by atoms with Crippen molar-refractivity contribution in [3.8, 4) is 0 Å². The van der Waals surface area contributed by atoms with Gasteiger partial charge in [-0.05, 0) is 52.0 Å². The third kappa shape index (κ3) is 5.63. The van der Waals surface area contributed by atoms with Crippen LogP contribution in [-0.2, 0) is 14.3 Å². The minimum atomic E-state index is -0.739. The Morgan fingerprint density at radius 2 is 2.00 bits per heavy atom. The molecule has 2 aromatic rings. The number of anilines is 1. The van der Waals surface area contributed by atoms with Crippen LogP contribution >= 0.6 is 0 Å². The lowest BCUT2D eigenvalue weighted by atomic mass is 10.1. The summed E-state index contributed by atoms with van der Waals surface area (Å²) in [5.74, 6) is -0.323. The number of amides is 2. The van der Waals surface area contributed by atoms with Crippen LogP contribution in [0.25, 0.3) is 10.9 Å². The molecular weight excluding hydrogens is 436 g/mol. The number of aromatic nitrogens is 2. The average molecular weight is 471 g/mol. The maximum absolute atomic E-state index is 13.4. The Hall–Kier alpha value is -2.82. The van der Waals surface area contributed by atoms with E-state index in [4.69, 9.17) is 4.74 Å². The summed E-state index contributed by atoms with van der Waals surface area (Å²) in [6.45, 7) is 8.78. The van der Waals surface area contributed by atoms with E-state index in [1.807, 2.05) is 12.1 Å². The lowest BCUT2D eigenvalue weighted by molar-refractivity contribution is -0.135. The zero-order chi connectivity index (χ0) is 24.1. The van der Waals surface area contributed by atoms with Crippen LogP contribution in [0.2, 0.25) is 0 Å². The van der Waals surface area contributed by atoms with Gasteiger partial charge in [0.05, 0.1) is 24.1 Å². The van der Waals surface area contributed by atoms with Gasteiger partial charge in [-0.2, -0.15) is 0 Å². The maximum atomic E-state index is 13.4. The molecule has 2 saturated heterocycles. The second-order valence-corrected chi connectivity index (χ2v) is 9.04. The van der Waals surface area contributed by atoms with E-state index < -0.39 is 11.9 Å². The second-order valence-electron chi connectivity index (χ2n) is 9.04. The third-order valence-corrected chi connectivity index (χ3v) is 6.55. The number of likely N-dealkylation sites (N-methyl/N-ethyl adjacent to an activating group) is 1. The summed E-state index contributed by atoms with van der Waals surface area (Å²) in [6.07, 6.45) is 1.67. The van der Waals surface area contributed by atoms with Gasteiger partial charge >= 0.3 is 0 Å². The van der Waals surface area contributed by atoms with Gasteiger partial charge in [-0.15, -0.1) is 0 Å². The molecule has 2 aliphatic rings. The van der Waals surface area contributed by atoms with Gasteiger partial charge in [0.1, 0.15) is 11.9 Å². The summed E-state index contributed by atoms with van der Waals surface area (Å²) < 4.78 is 7.24. The molecule has 0 radical (unpaired) electrons. The molecular formula is C24H34N6O4. The Bertz CT molecular complexity index is 1100. The summed E-state index contributed by atoms with van der Waals surface area (Å²) in [4.78, 5) is 46.7. The Morgan fingerprint density at radius 3 is 2.82 bits per heavy atom. The van der Waals surface area contributed by atoms with E-state index in [-0.39, 0.29) is 24.3 Å². The van der Waals surface area contributed by atoms with E-state index in [1.165, 1.54) is 11.0 Å². The van der Waals surface area contributed by atoms with Crippen molar-refractivity contribution in [2.45, 2.75) is 32.2 Å². The van der Waals surface area contributed by atoms with E-state index in [1.54, 1.807) is 13.0 Å². The number of nitrogens with one attached hydrogen (secondary N) is 2. The molecule has 2 amide bonds. The number of carbonyl (C=O) groups is 2. The summed E-state index contributed by atoms with van der Waals surface area (Å²) in [5, 5.41) is 6.06. The molecule has 0 spiro atoms. The lowest BCUT2D eigenvalue weighted by Gasteiger charge is -2.24. The quantitative estimate of drug-likeness (QED) is 0.430. The highest BCUT2D eigenvalue weighted by atomic mass is 16.5. The van der Waals surface area contributed by atoms with Gasteiger partial charge in [0.25, 0.3) is 5.56 Å². The number of benzene rings is 1. The molecule has 2 N–H and O–H groups in total. The fraction of sp³-hybridized carbons (Fsp3) is 0.583. The number of carbonyl (C=O) groups excluding carboxylic acids is 2. The van der Waals surface area contributed by atoms with Gasteiger partial charge in [0, 0.05) is 38.3 Å². The smallest absolute Gasteiger partial charge is 0.264 e. The second kappa shape index (κ2) is 11.1. The highest BCUT2D eigenvalue weighted by Crippen LogP contribution is 2.23. The first-order chi connectivity index (χ1) is 16.4. The van der Waals surface area contributed by atoms with E-state index >= 15 is 0 Å². The monoisotopic (exact) mass is 470 g/mol. The Morgan fingerprint density at radius 1 is 1.15 bits per heavy atom. The summed E-state index contributed by atoms with van der Waals surface area (Å²) >= 11 is 0. The highest BCUT2D eigenvalue weighted by molar-refractivity contribution is 5.99. The number of imide groups is 1. The first-order valence-electron chi connectivity index (χ1n) is 12.0. The number of hydrogen-bond donors (Lipinski definition) is 2. The van der Waals surface area contributed by atoms with Crippen LogP contribution in [0.3, 0.4) is 0 Å². The Kier molecular flexibility index (Phi) is 7.91. The molecule has 0 saturated carbocycles. The van der Waals surface area contributed by atoms with E-state index in [0.717, 1.165) is 32.7 Å². The normalized spacial score (nSPS) is 20.4. The molecule has 2 fully saturated rings. The predicted molar refractivity (Wildman–Crippen MR) is 130 cm³/mol. The molecule has 1 aromatic heterocycles. The van der Waals surface area contributed by atoms with Crippen LogP contribution in [-0.4, -0.2) is 90.7 Å². The molecule has 1 unspecified atom stereocenters. The Labute approximate surface area is 199 Å². The minimum absolute atomic E-state index is 0.200. The average Bonchev–Trinajstić information content (AvgIpc) is 3.01. The molecule has 184 valence electrons. The third-order valence-electron chi connectivity index (χ3n) is 6.55. The largest absolute Gasteiger partial charge is 0.382 e. The number of piperidine rings is 1. The van der Waals surface area contributed by atoms with Gasteiger partial charge in [-0.1, -0.05) is 6.07 Å². The number of rotatable bonds is 8. The van der Waals surface area contributed by atoms with E-state index in [2.05, 4.69) is 32.5 Å². The molecule has 10 heteroatoms. The van der Waals surface area contributed by atoms with Crippen molar-refractivity contribution in [2.75, 3.05) is 64.8 Å². The molecule has 3 heterocycles. The first-order valence-corrected chi connectivity index (χ1v) is 12.0. The standard InChI is InChI=1S/C24H34N6O4/c1-17-26-19-6-3-5-18(22(19)24(33)30(17)20-7-8-21(31)27-23(20)32)25-9-15-34-16-14-29-11-4-10-28(2)12-13-29/h3,5-6,20,25H,4,7-16H2,1-2H3,(H,27,31,32). The SMILES string of the molecule is Cc1nc2cccc(NCCOCCN3CCCN(C)CC3)c2c(=O)n1C1CCC(=O)NC1=O. The van der Waals surface area contributed by atoms with Crippen molar-refractivity contribution in [1.82, 2.24) is 24.7 Å². The van der Waals surface area contributed by atoms with Crippen molar-refractivity contribution in [1.29, 1.82) is 0 Å². The molecule has 0 bridgehead atoms. The summed E-state index contributed by atoms with van der Waals surface area (Å²) in [7, 11) is 2.16. The topological polar surface area (TPSA) is 109 Å².